The van der Waals surface area contributed by atoms with E-state index in [1.54, 1.807) is 18.2 Å². The van der Waals surface area contributed by atoms with E-state index in [0.29, 0.717) is 28.7 Å². The van der Waals surface area contributed by atoms with Crippen LogP contribution in [0.4, 0.5) is 5.69 Å². The second-order valence-electron chi connectivity index (χ2n) is 3.89. The number of anilines is 1. The van der Waals surface area contributed by atoms with Gasteiger partial charge < -0.3 is 11.1 Å². The van der Waals surface area contributed by atoms with Crippen molar-refractivity contribution in [2.24, 2.45) is 11.7 Å². The molecule has 0 saturated carbocycles. The lowest BCUT2D eigenvalue weighted by atomic mass is 10.0. The molecule has 1 aromatic carbocycles. The van der Waals surface area contributed by atoms with Crippen LogP contribution >= 0.6 is 23.2 Å². The SMILES string of the molecule is CCC(CN)CC(=O)Nc1ccc(Cl)c(Cl)c1. The highest BCUT2D eigenvalue weighted by Crippen LogP contribution is 2.25. The summed E-state index contributed by atoms with van der Waals surface area (Å²) in [5.74, 6) is 0.165. The molecule has 0 fully saturated rings. The van der Waals surface area contributed by atoms with Gasteiger partial charge in [-0.1, -0.05) is 36.5 Å². The zero-order valence-electron chi connectivity index (χ0n) is 9.67. The Kier molecular flexibility index (Phi) is 5.75. The lowest BCUT2D eigenvalue weighted by molar-refractivity contribution is -0.117. The molecule has 0 aliphatic heterocycles. The average Bonchev–Trinajstić information content (AvgIpc) is 2.31. The first-order chi connectivity index (χ1) is 8.06. The van der Waals surface area contributed by atoms with Gasteiger partial charge in [0.2, 0.25) is 5.91 Å². The molecule has 94 valence electrons. The van der Waals surface area contributed by atoms with E-state index in [2.05, 4.69) is 5.32 Å². The van der Waals surface area contributed by atoms with E-state index in [-0.39, 0.29) is 11.8 Å². The van der Waals surface area contributed by atoms with Gasteiger partial charge in [-0.25, -0.2) is 0 Å². The van der Waals surface area contributed by atoms with Crippen LogP contribution in [0.5, 0.6) is 0 Å². The van der Waals surface area contributed by atoms with Crippen molar-refractivity contribution in [3.8, 4) is 0 Å². The van der Waals surface area contributed by atoms with Crippen LogP contribution < -0.4 is 11.1 Å². The van der Waals surface area contributed by atoms with Gasteiger partial charge in [-0.05, 0) is 30.7 Å². The fourth-order valence-electron chi connectivity index (χ4n) is 1.44. The Morgan fingerprint density at radius 2 is 2.12 bits per heavy atom. The number of nitrogens with one attached hydrogen (secondary N) is 1. The highest BCUT2D eigenvalue weighted by molar-refractivity contribution is 6.42. The van der Waals surface area contributed by atoms with Crippen molar-refractivity contribution in [1.29, 1.82) is 0 Å². The molecule has 0 aliphatic carbocycles. The van der Waals surface area contributed by atoms with Crippen LogP contribution in [0.1, 0.15) is 19.8 Å². The molecular formula is C12H16Cl2N2O. The minimum absolute atomic E-state index is 0.0549. The molecule has 0 spiro atoms. The van der Waals surface area contributed by atoms with Crippen molar-refractivity contribution in [3.63, 3.8) is 0 Å². The van der Waals surface area contributed by atoms with Gasteiger partial charge in [-0.2, -0.15) is 0 Å². The molecule has 17 heavy (non-hydrogen) atoms. The van der Waals surface area contributed by atoms with Crippen LogP contribution in [0.25, 0.3) is 0 Å². The summed E-state index contributed by atoms with van der Waals surface area (Å²) in [6.07, 6.45) is 1.32. The van der Waals surface area contributed by atoms with Crippen LogP contribution in [0.15, 0.2) is 18.2 Å². The molecule has 3 nitrogen and oxygen atoms in total. The summed E-state index contributed by atoms with van der Waals surface area (Å²) in [6.45, 7) is 2.54. The Bertz CT molecular complexity index is 392. The third-order valence-corrected chi connectivity index (χ3v) is 3.33. The van der Waals surface area contributed by atoms with E-state index < -0.39 is 0 Å². The van der Waals surface area contributed by atoms with E-state index in [9.17, 15) is 4.79 Å². The maximum absolute atomic E-state index is 11.7. The number of rotatable bonds is 5. The van der Waals surface area contributed by atoms with E-state index in [1.807, 2.05) is 6.92 Å². The van der Waals surface area contributed by atoms with Crippen LogP contribution in [-0.2, 0) is 4.79 Å². The Labute approximate surface area is 111 Å². The van der Waals surface area contributed by atoms with Gasteiger partial charge in [0.05, 0.1) is 10.0 Å². The number of halogens is 2. The Morgan fingerprint density at radius 1 is 1.41 bits per heavy atom. The fraction of sp³-hybridized carbons (Fsp3) is 0.417. The predicted octanol–water partition coefficient (Wildman–Crippen LogP) is 3.31. The third-order valence-electron chi connectivity index (χ3n) is 2.59. The molecule has 0 heterocycles. The van der Waals surface area contributed by atoms with Crippen molar-refractivity contribution in [2.75, 3.05) is 11.9 Å². The standard InChI is InChI=1S/C12H16Cl2N2O/c1-2-8(7-15)5-12(17)16-9-3-4-10(13)11(14)6-9/h3-4,6,8H,2,5,7,15H2,1H3,(H,16,17). The van der Waals surface area contributed by atoms with Gasteiger partial charge in [-0.15, -0.1) is 0 Å². The normalized spacial score (nSPS) is 12.2. The second-order valence-corrected chi connectivity index (χ2v) is 4.71. The van der Waals surface area contributed by atoms with E-state index in [1.165, 1.54) is 0 Å². The van der Waals surface area contributed by atoms with Crippen LogP contribution in [0.3, 0.4) is 0 Å². The van der Waals surface area contributed by atoms with Gasteiger partial charge in [0, 0.05) is 12.1 Å². The summed E-state index contributed by atoms with van der Waals surface area (Å²) in [4.78, 5) is 11.7. The van der Waals surface area contributed by atoms with Gasteiger partial charge in [0.15, 0.2) is 0 Å². The van der Waals surface area contributed by atoms with Gasteiger partial charge >= 0.3 is 0 Å². The van der Waals surface area contributed by atoms with Gasteiger partial charge in [0.25, 0.3) is 0 Å². The highest BCUT2D eigenvalue weighted by atomic mass is 35.5. The minimum atomic E-state index is -0.0549. The molecule has 5 heteroatoms. The van der Waals surface area contributed by atoms with Gasteiger partial charge in [-0.3, -0.25) is 4.79 Å². The summed E-state index contributed by atoms with van der Waals surface area (Å²) in [5, 5.41) is 3.67. The summed E-state index contributed by atoms with van der Waals surface area (Å²) >= 11 is 11.6. The van der Waals surface area contributed by atoms with Crippen LogP contribution in [0.2, 0.25) is 10.0 Å². The first kappa shape index (κ1) is 14.3. The Hall–Kier alpha value is -0.770. The Morgan fingerprint density at radius 3 is 2.65 bits per heavy atom. The number of hydrogen-bond donors (Lipinski definition) is 2. The summed E-state index contributed by atoms with van der Waals surface area (Å²) in [6, 6.07) is 5.00. The number of carbonyl (C=O) groups excluding carboxylic acids is 1. The molecule has 1 unspecified atom stereocenters. The molecule has 0 radical (unpaired) electrons. The van der Waals surface area contributed by atoms with Crippen molar-refractivity contribution in [1.82, 2.24) is 0 Å². The predicted molar refractivity (Wildman–Crippen MR) is 72.5 cm³/mol. The summed E-state index contributed by atoms with van der Waals surface area (Å²) < 4.78 is 0. The molecule has 3 N–H and O–H groups in total. The number of carbonyl (C=O) groups is 1. The average molecular weight is 275 g/mol. The first-order valence-corrected chi connectivity index (χ1v) is 6.27. The van der Waals surface area contributed by atoms with Crippen molar-refractivity contribution < 1.29 is 4.79 Å². The first-order valence-electron chi connectivity index (χ1n) is 5.51. The number of benzene rings is 1. The molecule has 0 aliphatic rings. The maximum atomic E-state index is 11.7. The van der Waals surface area contributed by atoms with Crippen molar-refractivity contribution in [3.05, 3.63) is 28.2 Å². The van der Waals surface area contributed by atoms with E-state index >= 15 is 0 Å². The fourth-order valence-corrected chi connectivity index (χ4v) is 1.74. The molecule has 1 atom stereocenters. The lowest BCUT2D eigenvalue weighted by Gasteiger charge is -2.12. The van der Waals surface area contributed by atoms with Gasteiger partial charge in [0.1, 0.15) is 0 Å². The topological polar surface area (TPSA) is 55.1 Å². The monoisotopic (exact) mass is 274 g/mol. The summed E-state index contributed by atoms with van der Waals surface area (Å²) in [5.41, 5.74) is 6.20. The molecule has 0 bridgehead atoms. The molecule has 0 saturated heterocycles. The number of hydrogen-bond acceptors (Lipinski definition) is 2. The molecule has 1 rings (SSSR count). The van der Waals surface area contributed by atoms with Crippen LogP contribution in [0, 0.1) is 5.92 Å². The second kappa shape index (κ2) is 6.84. The summed E-state index contributed by atoms with van der Waals surface area (Å²) in [7, 11) is 0. The number of nitrogens with two attached hydrogens (primary N) is 1. The zero-order chi connectivity index (χ0) is 12.8. The highest BCUT2D eigenvalue weighted by Gasteiger charge is 2.11. The maximum Gasteiger partial charge on any atom is 0.224 e. The molecule has 1 amide bonds. The molecule has 1 aromatic rings. The largest absolute Gasteiger partial charge is 0.330 e. The van der Waals surface area contributed by atoms with E-state index in [4.69, 9.17) is 28.9 Å². The Balaban J connectivity index is 2.58. The minimum Gasteiger partial charge on any atom is -0.330 e. The quantitative estimate of drug-likeness (QED) is 0.866. The van der Waals surface area contributed by atoms with Crippen molar-refractivity contribution >= 4 is 34.8 Å². The van der Waals surface area contributed by atoms with Crippen LogP contribution in [-0.4, -0.2) is 12.5 Å². The molecular weight excluding hydrogens is 259 g/mol. The molecule has 0 aromatic heterocycles. The number of amides is 1. The smallest absolute Gasteiger partial charge is 0.224 e. The van der Waals surface area contributed by atoms with E-state index in [0.717, 1.165) is 6.42 Å². The zero-order valence-corrected chi connectivity index (χ0v) is 11.2. The third kappa shape index (κ3) is 4.54. The lowest BCUT2D eigenvalue weighted by Crippen LogP contribution is -2.21. The van der Waals surface area contributed by atoms with Crippen molar-refractivity contribution in [2.45, 2.75) is 19.8 Å².